The van der Waals surface area contributed by atoms with Crippen molar-refractivity contribution in [1.82, 2.24) is 31.9 Å². The fraction of sp³-hybridized carbons (Fsp3) is 0.412. The van der Waals surface area contributed by atoms with E-state index in [1.807, 2.05) is 0 Å². The van der Waals surface area contributed by atoms with E-state index < -0.39 is 103 Å². The highest BCUT2D eigenvalue weighted by molar-refractivity contribution is 5.96. The van der Waals surface area contributed by atoms with Gasteiger partial charge in [0.05, 0.1) is 25.8 Å². The number of hydrogen-bond acceptors (Lipinski definition) is 11. The summed E-state index contributed by atoms with van der Waals surface area (Å²) in [6.45, 7) is -1.30. The fourth-order valence-electron chi connectivity index (χ4n) is 4.67. The van der Waals surface area contributed by atoms with Crippen molar-refractivity contribution < 1.29 is 58.8 Å². The van der Waals surface area contributed by atoms with Crippen molar-refractivity contribution in [2.75, 3.05) is 19.8 Å². The van der Waals surface area contributed by atoms with Gasteiger partial charge in [-0.15, -0.1) is 0 Å². The molecule has 288 valence electrons. The fourth-order valence-corrected chi connectivity index (χ4v) is 4.67. The first-order valence-electron chi connectivity index (χ1n) is 16.4. The van der Waals surface area contributed by atoms with Gasteiger partial charge in [0.2, 0.25) is 35.4 Å². The number of carbonyl (C=O) groups is 8. The highest BCUT2D eigenvalue weighted by atomic mass is 16.4. The summed E-state index contributed by atoms with van der Waals surface area (Å²) >= 11 is 0. The highest BCUT2D eigenvalue weighted by Crippen LogP contribution is 2.06. The predicted molar refractivity (Wildman–Crippen MR) is 185 cm³/mol. The number of hydrogen-bond donors (Lipinski definition) is 11. The number of rotatable bonds is 22. The smallest absolute Gasteiger partial charge is 0.326 e. The Morgan fingerprint density at radius 1 is 0.604 bits per heavy atom. The monoisotopic (exact) mass is 743 g/mol. The van der Waals surface area contributed by atoms with Crippen LogP contribution in [0.2, 0.25) is 0 Å². The third kappa shape index (κ3) is 15.5. The zero-order valence-corrected chi connectivity index (χ0v) is 28.8. The molecule has 0 radical (unpaired) electrons. The van der Waals surface area contributed by atoms with E-state index in [-0.39, 0.29) is 25.7 Å². The third-order valence-corrected chi connectivity index (χ3v) is 7.64. The molecule has 0 saturated heterocycles. The Morgan fingerprint density at radius 2 is 1.08 bits per heavy atom. The number of carboxylic acid groups (broad SMARTS) is 2. The molecule has 0 aliphatic heterocycles. The number of amides is 6. The summed E-state index contributed by atoms with van der Waals surface area (Å²) in [5, 5.41) is 51.7. The average Bonchev–Trinajstić information content (AvgIpc) is 3.13. The van der Waals surface area contributed by atoms with Crippen LogP contribution in [0.3, 0.4) is 0 Å². The van der Waals surface area contributed by atoms with Gasteiger partial charge in [-0.05, 0) is 24.5 Å². The Hall–Kier alpha value is -5.92. The second-order valence-electron chi connectivity index (χ2n) is 11.9. The van der Waals surface area contributed by atoms with Gasteiger partial charge in [-0.25, -0.2) is 4.79 Å². The molecule has 19 heteroatoms. The Balaban J connectivity index is 2.03. The molecule has 0 aliphatic rings. The topological polar surface area (TPSA) is 316 Å². The zero-order chi connectivity index (χ0) is 39.5. The summed E-state index contributed by atoms with van der Waals surface area (Å²) in [4.78, 5) is 99.2. The minimum atomic E-state index is -1.60. The molecule has 0 fully saturated rings. The lowest BCUT2D eigenvalue weighted by molar-refractivity contribution is -0.142. The average molecular weight is 744 g/mol. The van der Waals surface area contributed by atoms with Gasteiger partial charge in [-0.2, -0.15) is 0 Å². The number of nitrogens with two attached hydrogens (primary N) is 1. The minimum Gasteiger partial charge on any atom is -0.481 e. The number of aliphatic carboxylic acids is 2. The molecule has 6 atom stereocenters. The Labute approximate surface area is 304 Å². The van der Waals surface area contributed by atoms with Crippen LogP contribution in [-0.2, 0) is 51.2 Å². The predicted octanol–water partition coefficient (Wildman–Crippen LogP) is -3.71. The van der Waals surface area contributed by atoms with Gasteiger partial charge in [-0.3, -0.25) is 33.6 Å². The van der Waals surface area contributed by atoms with Crippen molar-refractivity contribution in [3.8, 4) is 0 Å². The first kappa shape index (κ1) is 43.2. The number of aliphatic hydroxyl groups excluding tert-OH is 2. The Morgan fingerprint density at radius 3 is 1.58 bits per heavy atom. The van der Waals surface area contributed by atoms with E-state index in [0.717, 1.165) is 0 Å². The van der Waals surface area contributed by atoms with E-state index in [0.29, 0.717) is 11.1 Å². The number of nitrogens with one attached hydrogen (secondary N) is 6. The molecule has 0 heterocycles. The molecule has 0 aromatic heterocycles. The van der Waals surface area contributed by atoms with Gasteiger partial charge < -0.3 is 58.1 Å². The van der Waals surface area contributed by atoms with Gasteiger partial charge in [0.25, 0.3) is 0 Å². The van der Waals surface area contributed by atoms with Gasteiger partial charge >= 0.3 is 11.9 Å². The minimum absolute atomic E-state index is 0.0757. The van der Waals surface area contributed by atoms with Crippen molar-refractivity contribution >= 4 is 47.4 Å². The first-order valence-corrected chi connectivity index (χ1v) is 16.4. The molecule has 0 unspecified atom stereocenters. The van der Waals surface area contributed by atoms with Crippen molar-refractivity contribution in [2.45, 2.75) is 68.9 Å². The van der Waals surface area contributed by atoms with Crippen LogP contribution in [0.4, 0.5) is 0 Å². The van der Waals surface area contributed by atoms with Gasteiger partial charge in [0.1, 0.15) is 30.2 Å². The van der Waals surface area contributed by atoms with E-state index in [2.05, 4.69) is 31.9 Å². The molecule has 53 heavy (non-hydrogen) atoms. The van der Waals surface area contributed by atoms with E-state index >= 15 is 0 Å². The van der Waals surface area contributed by atoms with Gasteiger partial charge in [0, 0.05) is 19.3 Å². The molecule has 0 spiro atoms. The van der Waals surface area contributed by atoms with E-state index in [1.54, 1.807) is 60.7 Å². The van der Waals surface area contributed by atoms with Crippen molar-refractivity contribution in [3.05, 3.63) is 71.8 Å². The molecule has 0 aliphatic carbocycles. The van der Waals surface area contributed by atoms with Crippen LogP contribution in [0.1, 0.15) is 30.9 Å². The summed E-state index contributed by atoms with van der Waals surface area (Å²) in [6, 6.07) is 8.48. The van der Waals surface area contributed by atoms with Crippen LogP contribution in [-0.4, -0.2) is 124 Å². The van der Waals surface area contributed by atoms with E-state index in [4.69, 9.17) is 10.8 Å². The molecular weight excluding hydrogens is 698 g/mol. The summed E-state index contributed by atoms with van der Waals surface area (Å²) in [7, 11) is 0. The molecule has 19 nitrogen and oxygen atoms in total. The zero-order valence-electron chi connectivity index (χ0n) is 28.8. The number of aliphatic hydroxyl groups is 2. The molecule has 0 bridgehead atoms. The first-order chi connectivity index (χ1) is 25.1. The summed E-state index contributed by atoms with van der Waals surface area (Å²) in [5.74, 6) is -8.04. The lowest BCUT2D eigenvalue weighted by atomic mass is 10.0. The SMILES string of the molecule is C[C@H](NC(=O)[C@@H](N)CCC(=O)O)C(=O)N[C@@H](CO)C(=O)NCC(=O)N[C@@H](Cc1ccccc1)C(=O)N[C@@H](CO)C(=O)N[C@@H](Cc1ccccc1)C(=O)O. The van der Waals surface area contributed by atoms with Crippen molar-refractivity contribution in [2.24, 2.45) is 5.73 Å². The summed E-state index contributed by atoms with van der Waals surface area (Å²) in [6.07, 6.45) is -0.741. The quantitative estimate of drug-likeness (QED) is 0.0554. The Bertz CT molecular complexity index is 1580. The summed E-state index contributed by atoms with van der Waals surface area (Å²) in [5.41, 5.74) is 6.83. The largest absolute Gasteiger partial charge is 0.481 e. The van der Waals surface area contributed by atoms with Gasteiger partial charge in [0.15, 0.2) is 0 Å². The molecule has 0 saturated carbocycles. The van der Waals surface area contributed by atoms with Crippen LogP contribution < -0.4 is 37.6 Å². The molecular formula is C34H45N7O12. The van der Waals surface area contributed by atoms with Crippen molar-refractivity contribution in [1.29, 1.82) is 0 Å². The number of benzene rings is 2. The second-order valence-corrected chi connectivity index (χ2v) is 11.9. The molecule has 12 N–H and O–H groups in total. The molecule has 2 aromatic carbocycles. The van der Waals surface area contributed by atoms with Gasteiger partial charge in [-0.1, -0.05) is 60.7 Å². The maximum absolute atomic E-state index is 13.4. The maximum atomic E-state index is 13.4. The Kier molecular flexibility index (Phi) is 18.0. The lowest BCUT2D eigenvalue weighted by Gasteiger charge is -2.24. The van der Waals surface area contributed by atoms with Crippen LogP contribution in [0.15, 0.2) is 60.7 Å². The lowest BCUT2D eigenvalue weighted by Crippen LogP contribution is -2.58. The number of carbonyl (C=O) groups excluding carboxylic acids is 6. The van der Waals surface area contributed by atoms with E-state index in [1.165, 1.54) is 6.92 Å². The maximum Gasteiger partial charge on any atom is 0.326 e. The third-order valence-electron chi connectivity index (χ3n) is 7.64. The standard InChI is InChI=1S/C34H45N7O12/c1-19(37-30(48)22(35)12-13-28(45)46)29(47)40-25(17-42)31(49)36-16-27(44)38-23(14-20-8-4-2-5-9-20)32(50)41-26(18-43)33(51)39-24(34(52)53)15-21-10-6-3-7-11-21/h2-11,19,22-26,42-43H,12-18,35H2,1H3,(H,36,49)(H,37,48)(H,38,44)(H,39,51)(H,40,47)(H,41,50)(H,45,46)(H,52,53)/t19-,22-,23-,24-,25-,26-/m0/s1. The molecule has 2 rings (SSSR count). The van der Waals surface area contributed by atoms with Crippen molar-refractivity contribution in [3.63, 3.8) is 0 Å². The normalized spacial score (nSPS) is 14.1. The van der Waals surface area contributed by atoms with Crippen LogP contribution in [0.5, 0.6) is 0 Å². The number of carboxylic acids is 2. The van der Waals surface area contributed by atoms with Crippen LogP contribution >= 0.6 is 0 Å². The summed E-state index contributed by atoms with van der Waals surface area (Å²) < 4.78 is 0. The molecule has 6 amide bonds. The second kappa shape index (κ2) is 22.1. The van der Waals surface area contributed by atoms with E-state index in [9.17, 15) is 53.7 Å². The highest BCUT2D eigenvalue weighted by Gasteiger charge is 2.30. The van der Waals surface area contributed by atoms with Crippen LogP contribution in [0, 0.1) is 0 Å². The van der Waals surface area contributed by atoms with Crippen LogP contribution in [0.25, 0.3) is 0 Å². The molecule has 2 aromatic rings.